The van der Waals surface area contributed by atoms with Crippen LogP contribution < -0.4 is 0 Å². The average Bonchev–Trinajstić information content (AvgIpc) is 3.04. The topological polar surface area (TPSA) is 26.3 Å². The quantitative estimate of drug-likeness (QED) is 0.501. The number of cyclic esters (lactones) is 1. The number of rotatable bonds is 4. The standard InChI is InChI=1S/C24H22O2/c1-18-22(17-26-23(18)25)24(19-11-5-2-6-12-19,20-13-7-3-8-14-20)21-15-9-4-10-16-21/h2-16,18,22H,17H2,1H3/t18-,22-/m0/s1. The summed E-state index contributed by atoms with van der Waals surface area (Å²) in [6.45, 7) is 2.42. The summed E-state index contributed by atoms with van der Waals surface area (Å²) in [5.41, 5.74) is 3.13. The first-order chi connectivity index (χ1) is 12.7. The van der Waals surface area contributed by atoms with Crippen LogP contribution in [0.15, 0.2) is 91.0 Å². The molecule has 1 saturated heterocycles. The highest BCUT2D eigenvalue weighted by Crippen LogP contribution is 2.50. The van der Waals surface area contributed by atoms with Gasteiger partial charge in [-0.1, -0.05) is 97.9 Å². The maximum atomic E-state index is 12.3. The average molecular weight is 342 g/mol. The number of hydrogen-bond acceptors (Lipinski definition) is 2. The Bertz CT molecular complexity index is 775. The molecule has 3 aromatic rings. The van der Waals surface area contributed by atoms with Crippen LogP contribution in [0.5, 0.6) is 0 Å². The molecule has 2 nitrogen and oxygen atoms in total. The van der Waals surface area contributed by atoms with Gasteiger partial charge in [0.1, 0.15) is 0 Å². The maximum absolute atomic E-state index is 12.3. The molecule has 2 atom stereocenters. The summed E-state index contributed by atoms with van der Waals surface area (Å²) in [6.07, 6.45) is 0. The van der Waals surface area contributed by atoms with E-state index in [1.54, 1.807) is 0 Å². The van der Waals surface area contributed by atoms with Crippen molar-refractivity contribution in [3.8, 4) is 0 Å². The van der Waals surface area contributed by atoms with E-state index in [-0.39, 0.29) is 17.8 Å². The van der Waals surface area contributed by atoms with Gasteiger partial charge in [0.15, 0.2) is 0 Å². The van der Waals surface area contributed by atoms with E-state index in [1.807, 2.05) is 25.1 Å². The van der Waals surface area contributed by atoms with Gasteiger partial charge < -0.3 is 4.74 Å². The van der Waals surface area contributed by atoms with Gasteiger partial charge in [-0.3, -0.25) is 4.79 Å². The molecular weight excluding hydrogens is 320 g/mol. The van der Waals surface area contributed by atoms with Crippen molar-refractivity contribution >= 4 is 5.97 Å². The second-order valence-corrected chi connectivity index (χ2v) is 6.93. The van der Waals surface area contributed by atoms with Crippen LogP contribution in [0.25, 0.3) is 0 Å². The molecule has 0 aromatic heterocycles. The van der Waals surface area contributed by atoms with Gasteiger partial charge in [0.25, 0.3) is 0 Å². The lowest BCUT2D eigenvalue weighted by molar-refractivity contribution is -0.140. The van der Waals surface area contributed by atoms with Gasteiger partial charge in [-0.25, -0.2) is 0 Å². The third-order valence-electron chi connectivity index (χ3n) is 5.62. The molecule has 0 spiro atoms. The fourth-order valence-corrected chi connectivity index (χ4v) is 4.36. The number of hydrogen-bond donors (Lipinski definition) is 0. The molecule has 1 aliphatic heterocycles. The maximum Gasteiger partial charge on any atom is 0.309 e. The summed E-state index contributed by atoms with van der Waals surface area (Å²) in [5.74, 6) is -0.250. The number of carbonyl (C=O) groups excluding carboxylic acids is 1. The number of carbonyl (C=O) groups is 1. The highest BCUT2D eigenvalue weighted by molar-refractivity contribution is 5.75. The number of ether oxygens (including phenoxy) is 1. The summed E-state index contributed by atoms with van der Waals surface area (Å²) in [7, 11) is 0. The van der Waals surface area contributed by atoms with Crippen molar-refractivity contribution in [1.29, 1.82) is 0 Å². The molecule has 130 valence electrons. The zero-order valence-electron chi connectivity index (χ0n) is 14.8. The lowest BCUT2D eigenvalue weighted by atomic mass is 9.59. The predicted octanol–water partition coefficient (Wildman–Crippen LogP) is 4.83. The fraction of sp³-hybridized carbons (Fsp3) is 0.208. The first-order valence-corrected chi connectivity index (χ1v) is 9.08. The third-order valence-corrected chi connectivity index (χ3v) is 5.62. The van der Waals surface area contributed by atoms with Crippen molar-refractivity contribution < 1.29 is 9.53 Å². The molecule has 2 heteroatoms. The van der Waals surface area contributed by atoms with Gasteiger partial charge in [-0.05, 0) is 16.7 Å². The molecular formula is C24H22O2. The second kappa shape index (κ2) is 6.80. The lowest BCUT2D eigenvalue weighted by Gasteiger charge is -2.41. The Morgan fingerprint density at radius 3 is 1.42 bits per heavy atom. The Morgan fingerprint density at radius 2 is 1.12 bits per heavy atom. The van der Waals surface area contributed by atoms with Crippen LogP contribution in [0.2, 0.25) is 0 Å². The Kier molecular flexibility index (Phi) is 4.34. The van der Waals surface area contributed by atoms with Gasteiger partial charge >= 0.3 is 5.97 Å². The fourth-order valence-electron chi connectivity index (χ4n) is 4.36. The molecule has 26 heavy (non-hydrogen) atoms. The van der Waals surface area contributed by atoms with Gasteiger partial charge in [0.2, 0.25) is 0 Å². The smallest absolute Gasteiger partial charge is 0.309 e. The minimum absolute atomic E-state index is 0.0298. The van der Waals surface area contributed by atoms with Crippen LogP contribution in [-0.2, 0) is 14.9 Å². The summed E-state index contributed by atoms with van der Waals surface area (Å²) in [5, 5.41) is 0. The first kappa shape index (κ1) is 16.6. The minimum Gasteiger partial charge on any atom is -0.465 e. The molecule has 0 radical (unpaired) electrons. The van der Waals surface area contributed by atoms with Gasteiger partial charge in [0.05, 0.1) is 17.9 Å². The van der Waals surface area contributed by atoms with Crippen LogP contribution in [0.3, 0.4) is 0 Å². The largest absolute Gasteiger partial charge is 0.465 e. The molecule has 0 saturated carbocycles. The van der Waals surface area contributed by atoms with Gasteiger partial charge in [-0.2, -0.15) is 0 Å². The molecule has 0 unspecified atom stereocenters. The van der Waals surface area contributed by atoms with E-state index in [0.717, 1.165) is 0 Å². The Labute approximate surface area is 154 Å². The monoisotopic (exact) mass is 342 g/mol. The molecule has 3 aromatic carbocycles. The van der Waals surface area contributed by atoms with E-state index in [1.165, 1.54) is 16.7 Å². The van der Waals surface area contributed by atoms with Gasteiger partial charge in [0, 0.05) is 5.92 Å². The minimum atomic E-state index is -0.435. The number of benzene rings is 3. The SMILES string of the molecule is C[C@@H]1C(=O)OC[C@@H]1C(c1ccccc1)(c1ccccc1)c1ccccc1. The zero-order valence-corrected chi connectivity index (χ0v) is 14.8. The van der Waals surface area contributed by atoms with E-state index >= 15 is 0 Å². The summed E-state index contributed by atoms with van der Waals surface area (Å²) < 4.78 is 5.51. The van der Waals surface area contributed by atoms with Crippen molar-refractivity contribution in [2.75, 3.05) is 6.61 Å². The van der Waals surface area contributed by atoms with Crippen molar-refractivity contribution in [2.24, 2.45) is 11.8 Å². The Hall–Kier alpha value is -2.87. The highest BCUT2D eigenvalue weighted by atomic mass is 16.5. The normalized spacial score (nSPS) is 20.0. The van der Waals surface area contributed by atoms with Crippen LogP contribution in [-0.4, -0.2) is 12.6 Å². The Morgan fingerprint density at radius 1 is 0.731 bits per heavy atom. The molecule has 0 bridgehead atoms. The molecule has 0 N–H and O–H groups in total. The van der Waals surface area contributed by atoms with E-state index < -0.39 is 5.41 Å². The van der Waals surface area contributed by atoms with E-state index in [9.17, 15) is 4.79 Å². The summed E-state index contributed by atoms with van der Waals surface area (Å²) >= 11 is 0. The third kappa shape index (κ3) is 2.53. The number of esters is 1. The summed E-state index contributed by atoms with van der Waals surface area (Å²) in [4.78, 5) is 12.3. The zero-order chi connectivity index (χ0) is 18.0. The van der Waals surface area contributed by atoms with E-state index in [4.69, 9.17) is 4.74 Å². The van der Waals surface area contributed by atoms with E-state index in [0.29, 0.717) is 6.61 Å². The van der Waals surface area contributed by atoms with Crippen molar-refractivity contribution in [1.82, 2.24) is 0 Å². The molecule has 0 aliphatic carbocycles. The molecule has 0 amide bonds. The lowest BCUT2D eigenvalue weighted by Crippen LogP contribution is -2.41. The Balaban J connectivity index is 2.06. The van der Waals surface area contributed by atoms with Crippen molar-refractivity contribution in [3.63, 3.8) is 0 Å². The van der Waals surface area contributed by atoms with Crippen LogP contribution >= 0.6 is 0 Å². The predicted molar refractivity (Wildman–Crippen MR) is 103 cm³/mol. The van der Waals surface area contributed by atoms with Crippen molar-refractivity contribution in [2.45, 2.75) is 12.3 Å². The first-order valence-electron chi connectivity index (χ1n) is 9.08. The van der Waals surface area contributed by atoms with Crippen LogP contribution in [0, 0.1) is 11.8 Å². The van der Waals surface area contributed by atoms with Gasteiger partial charge in [-0.15, -0.1) is 0 Å². The van der Waals surface area contributed by atoms with Crippen molar-refractivity contribution in [3.05, 3.63) is 108 Å². The van der Waals surface area contributed by atoms with Crippen LogP contribution in [0.4, 0.5) is 0 Å². The highest BCUT2D eigenvalue weighted by Gasteiger charge is 2.51. The molecule has 1 fully saturated rings. The van der Waals surface area contributed by atoms with Crippen LogP contribution in [0.1, 0.15) is 23.6 Å². The molecule has 1 aliphatic rings. The molecule has 1 heterocycles. The second-order valence-electron chi connectivity index (χ2n) is 6.93. The summed E-state index contributed by atoms with van der Waals surface area (Å²) in [6, 6.07) is 31.5. The molecule has 4 rings (SSSR count). The van der Waals surface area contributed by atoms with E-state index in [2.05, 4.69) is 72.8 Å².